The zero-order valence-corrected chi connectivity index (χ0v) is 18.6. The van der Waals surface area contributed by atoms with Gasteiger partial charge in [-0.1, -0.05) is 5.11 Å². The average molecular weight is 541 g/mol. The Balaban J connectivity index is 2.28. The first-order valence-electron chi connectivity index (χ1n) is 7.71. The molecular formula is C9H14N5O14P3S. The molecule has 0 spiro atoms. The maximum Gasteiger partial charge on any atom is 0.490 e. The number of aromatic amines is 1. The Labute approximate surface area is 180 Å². The molecule has 1 aliphatic heterocycles. The van der Waals surface area contributed by atoms with Gasteiger partial charge in [-0.25, -0.2) is 13.7 Å². The molecule has 0 aromatic carbocycles. The van der Waals surface area contributed by atoms with Crippen molar-refractivity contribution in [2.45, 2.75) is 24.2 Å². The first-order valence-corrected chi connectivity index (χ1v) is 12.6. The van der Waals surface area contributed by atoms with Crippen molar-refractivity contribution in [3.8, 4) is 0 Å². The highest BCUT2D eigenvalue weighted by Crippen LogP contribution is 2.66. The SMILES string of the molecule is [N-]=[N+]=NC1(COP(=O)(O)OP(=O)(O)OP(=O)(O)O)O[C@@H](n2ccc(=O)[nH]c2=S)[C@@H](O)[C@H]1O. The minimum absolute atomic E-state index is 0.293. The van der Waals surface area contributed by atoms with Crippen LogP contribution in [0.5, 0.6) is 0 Å². The molecule has 180 valence electrons. The molecule has 2 rings (SSSR count). The normalized spacial score (nSPS) is 29.6. The molecule has 0 radical (unpaired) electrons. The van der Waals surface area contributed by atoms with E-state index >= 15 is 0 Å². The number of aliphatic hydroxyl groups is 2. The topological polar surface area (TPSA) is 296 Å². The Kier molecular flexibility index (Phi) is 8.01. The predicted octanol–water partition coefficient (Wildman–Crippen LogP) is -0.494. The van der Waals surface area contributed by atoms with Gasteiger partial charge in [-0.15, -0.1) is 0 Å². The van der Waals surface area contributed by atoms with E-state index in [-0.39, 0.29) is 4.77 Å². The number of H-pyrrole nitrogens is 1. The third kappa shape index (κ3) is 6.61. The Morgan fingerprint density at radius 1 is 1.25 bits per heavy atom. The largest absolute Gasteiger partial charge is 0.490 e. The zero-order valence-electron chi connectivity index (χ0n) is 15.1. The summed E-state index contributed by atoms with van der Waals surface area (Å²) in [6, 6.07) is 0.970. The summed E-state index contributed by atoms with van der Waals surface area (Å²) in [4.78, 5) is 51.5. The maximum absolute atomic E-state index is 11.9. The molecule has 3 unspecified atom stereocenters. The average Bonchev–Trinajstić information content (AvgIpc) is 2.83. The van der Waals surface area contributed by atoms with E-state index in [2.05, 4.69) is 28.2 Å². The van der Waals surface area contributed by atoms with E-state index in [1.807, 2.05) is 0 Å². The van der Waals surface area contributed by atoms with E-state index in [1.54, 1.807) is 0 Å². The molecule has 1 fully saturated rings. The first-order chi connectivity index (χ1) is 14.5. The molecule has 1 aliphatic rings. The van der Waals surface area contributed by atoms with E-state index < -0.39 is 59.8 Å². The van der Waals surface area contributed by atoms with Crippen LogP contribution in [0.1, 0.15) is 6.23 Å². The summed E-state index contributed by atoms with van der Waals surface area (Å²) in [5.41, 5.74) is 5.53. The lowest BCUT2D eigenvalue weighted by atomic mass is 10.1. The fourth-order valence-corrected chi connectivity index (χ4v) is 5.71. The van der Waals surface area contributed by atoms with Gasteiger partial charge >= 0.3 is 23.5 Å². The Morgan fingerprint density at radius 3 is 2.41 bits per heavy atom. The summed E-state index contributed by atoms with van der Waals surface area (Å²) in [6.45, 7) is -1.40. The summed E-state index contributed by atoms with van der Waals surface area (Å²) in [6.07, 6.45) is -4.63. The Bertz CT molecular complexity index is 1170. The van der Waals surface area contributed by atoms with Gasteiger partial charge in [0.15, 0.2) is 11.0 Å². The second-order valence-electron chi connectivity index (χ2n) is 5.86. The third-order valence-electron chi connectivity index (χ3n) is 3.59. The van der Waals surface area contributed by atoms with Crippen LogP contribution < -0.4 is 5.56 Å². The van der Waals surface area contributed by atoms with Gasteiger partial charge < -0.3 is 34.5 Å². The van der Waals surface area contributed by atoms with Crippen LogP contribution in [-0.4, -0.2) is 63.9 Å². The minimum Gasteiger partial charge on any atom is -0.387 e. The highest BCUT2D eigenvalue weighted by atomic mass is 32.1. The zero-order chi connectivity index (χ0) is 24.5. The van der Waals surface area contributed by atoms with Crippen molar-refractivity contribution in [2.75, 3.05) is 6.61 Å². The number of hydrogen-bond acceptors (Lipinski definition) is 12. The van der Waals surface area contributed by atoms with E-state index in [1.165, 1.54) is 0 Å². The summed E-state index contributed by atoms with van der Waals surface area (Å²) < 4.78 is 51.2. The molecule has 1 aromatic heterocycles. The van der Waals surface area contributed by atoms with Crippen LogP contribution >= 0.6 is 35.7 Å². The van der Waals surface area contributed by atoms with E-state index in [9.17, 15) is 33.6 Å². The molecule has 1 aromatic rings. The smallest absolute Gasteiger partial charge is 0.387 e. The number of phosphoric ester groups is 1. The molecule has 32 heavy (non-hydrogen) atoms. The molecule has 2 heterocycles. The summed E-state index contributed by atoms with van der Waals surface area (Å²) in [7, 11) is -17.2. The van der Waals surface area contributed by atoms with E-state index in [0.29, 0.717) is 0 Å². The quantitative estimate of drug-likeness (QED) is 0.0682. The van der Waals surface area contributed by atoms with Crippen LogP contribution in [0.4, 0.5) is 0 Å². The lowest BCUT2D eigenvalue weighted by molar-refractivity contribution is -0.122. The second-order valence-corrected chi connectivity index (χ2v) is 10.7. The van der Waals surface area contributed by atoms with Crippen molar-refractivity contribution >= 4 is 35.7 Å². The number of aromatic nitrogens is 2. The van der Waals surface area contributed by atoms with Crippen LogP contribution in [0.2, 0.25) is 0 Å². The van der Waals surface area contributed by atoms with Gasteiger partial charge in [-0.2, -0.15) is 8.62 Å². The third-order valence-corrected chi connectivity index (χ3v) is 7.69. The van der Waals surface area contributed by atoms with Gasteiger partial charge in [-0.05, 0) is 17.7 Å². The molecule has 6 atom stereocenters. The number of aliphatic hydroxyl groups excluding tert-OH is 2. The van der Waals surface area contributed by atoms with Crippen molar-refractivity contribution < 1.29 is 61.4 Å². The number of nitrogens with one attached hydrogen (secondary N) is 1. The number of ether oxygens (including phenoxy) is 1. The minimum atomic E-state index is -5.84. The number of nitrogens with zero attached hydrogens (tertiary/aromatic N) is 4. The molecule has 1 saturated heterocycles. The lowest BCUT2D eigenvalue weighted by Crippen LogP contribution is -2.44. The second kappa shape index (κ2) is 9.52. The van der Waals surface area contributed by atoms with Crippen molar-refractivity contribution in [1.29, 1.82) is 0 Å². The standard InChI is InChI=1S/C9H14N5O14P3S/c10-13-12-9(3-25-30(21,22)28-31(23,24)27-29(18,19)20)6(17)5(16)7(26-9)14-2-1-4(15)11-8(14)32/h1-2,5-7,16-17H,3H2,(H,21,22)(H,23,24)(H,11,15,32)(H2,18,19,20)/t5-,6+,7+,9?/m0/s1. The number of rotatable bonds is 9. The predicted molar refractivity (Wildman–Crippen MR) is 99.7 cm³/mol. The Morgan fingerprint density at radius 2 is 1.88 bits per heavy atom. The molecule has 0 amide bonds. The molecule has 23 heteroatoms. The Hall–Kier alpha value is -1.30. The van der Waals surface area contributed by atoms with E-state index in [4.69, 9.17) is 37.2 Å². The summed E-state index contributed by atoms with van der Waals surface area (Å²) >= 11 is 4.89. The summed E-state index contributed by atoms with van der Waals surface area (Å²) in [5, 5.41) is 23.7. The van der Waals surface area contributed by atoms with Crippen LogP contribution in [0.3, 0.4) is 0 Å². The van der Waals surface area contributed by atoms with Gasteiger partial charge in [0.05, 0.1) is 6.61 Å². The van der Waals surface area contributed by atoms with Crippen LogP contribution in [0, 0.1) is 4.77 Å². The van der Waals surface area contributed by atoms with Crippen LogP contribution in [0.25, 0.3) is 10.4 Å². The lowest BCUT2D eigenvalue weighted by Gasteiger charge is -2.27. The molecule has 19 nitrogen and oxygen atoms in total. The molecule has 7 N–H and O–H groups in total. The van der Waals surface area contributed by atoms with Crippen molar-refractivity contribution in [3.63, 3.8) is 0 Å². The van der Waals surface area contributed by atoms with E-state index in [0.717, 1.165) is 16.8 Å². The van der Waals surface area contributed by atoms with Gasteiger partial charge in [-0.3, -0.25) is 18.9 Å². The molecule has 0 bridgehead atoms. The number of phosphoric acid groups is 3. The monoisotopic (exact) mass is 541 g/mol. The molecular weight excluding hydrogens is 527 g/mol. The van der Waals surface area contributed by atoms with Crippen molar-refractivity contribution in [3.05, 3.63) is 37.8 Å². The van der Waals surface area contributed by atoms with Gasteiger partial charge in [0, 0.05) is 17.2 Å². The van der Waals surface area contributed by atoms with Gasteiger partial charge in [0.2, 0.25) is 5.72 Å². The first kappa shape index (κ1) is 26.9. The highest BCUT2D eigenvalue weighted by Gasteiger charge is 2.56. The number of azide groups is 1. The highest BCUT2D eigenvalue weighted by molar-refractivity contribution is 7.71. The van der Waals surface area contributed by atoms with Crippen molar-refractivity contribution in [2.24, 2.45) is 5.11 Å². The maximum atomic E-state index is 11.9. The van der Waals surface area contributed by atoms with Gasteiger partial charge in [0.1, 0.15) is 12.2 Å². The molecule has 0 aliphatic carbocycles. The van der Waals surface area contributed by atoms with Crippen molar-refractivity contribution in [1.82, 2.24) is 9.55 Å². The summed E-state index contributed by atoms with van der Waals surface area (Å²) in [5.74, 6) is 0. The fraction of sp³-hybridized carbons (Fsp3) is 0.556. The fourth-order valence-electron chi connectivity index (χ4n) is 2.40. The van der Waals surface area contributed by atoms with Crippen LogP contribution in [0.15, 0.2) is 22.2 Å². The molecule has 0 saturated carbocycles. The van der Waals surface area contributed by atoms with Gasteiger partial charge in [0.25, 0.3) is 5.56 Å². The van der Waals surface area contributed by atoms with Crippen LogP contribution in [-0.2, 0) is 31.6 Å². The number of hydrogen-bond donors (Lipinski definition) is 7.